The Morgan fingerprint density at radius 3 is 2.36 bits per heavy atom. The van der Waals surface area contributed by atoms with Crippen LogP contribution in [0.1, 0.15) is 44.2 Å². The molecule has 28 heavy (non-hydrogen) atoms. The van der Waals surface area contributed by atoms with E-state index in [0.29, 0.717) is 17.4 Å². The normalized spacial score (nSPS) is 26.2. The van der Waals surface area contributed by atoms with Gasteiger partial charge in [-0.2, -0.15) is 0 Å². The zero-order chi connectivity index (χ0) is 20.2. The van der Waals surface area contributed by atoms with Crippen LogP contribution in [-0.2, 0) is 15.4 Å². The van der Waals surface area contributed by atoms with Crippen LogP contribution in [0.15, 0.2) is 47.4 Å². The molecule has 0 bridgehead atoms. The van der Waals surface area contributed by atoms with Crippen molar-refractivity contribution < 1.29 is 13.2 Å². The molecule has 1 aliphatic carbocycles. The molecule has 6 heteroatoms. The third kappa shape index (κ3) is 2.99. The molecule has 1 heterocycles. The molecule has 0 radical (unpaired) electrons. The molecule has 2 unspecified atom stereocenters. The number of hydrogen-bond donors (Lipinski definition) is 2. The second-order valence-corrected chi connectivity index (χ2v) is 10.3. The molecule has 1 saturated carbocycles. The molecular weight excluding hydrogens is 372 g/mol. The molecule has 0 spiro atoms. The van der Waals surface area contributed by atoms with Gasteiger partial charge in [-0.3, -0.25) is 4.72 Å². The number of fused-ring (bicyclic) bond motifs is 1. The first kappa shape index (κ1) is 19.3. The van der Waals surface area contributed by atoms with Crippen LogP contribution < -0.4 is 14.8 Å². The largest absolute Gasteiger partial charge is 0.495 e. The number of hydrogen-bond acceptors (Lipinski definition) is 4. The van der Waals surface area contributed by atoms with Crippen molar-refractivity contribution in [2.45, 2.75) is 43.4 Å². The number of ether oxygens (including phenoxy) is 1. The molecule has 5 nitrogen and oxygen atoms in total. The molecule has 2 N–H and O–H groups in total. The lowest BCUT2D eigenvalue weighted by atomic mass is 9.89. The summed E-state index contributed by atoms with van der Waals surface area (Å²) in [5.41, 5.74) is 3.21. The Bertz CT molecular complexity index is 997. The van der Waals surface area contributed by atoms with Crippen LogP contribution in [-0.4, -0.2) is 28.6 Å². The van der Waals surface area contributed by atoms with Gasteiger partial charge in [0, 0.05) is 18.5 Å². The Balaban J connectivity index is 1.61. The van der Waals surface area contributed by atoms with E-state index in [2.05, 4.69) is 30.8 Å². The lowest BCUT2D eigenvalue weighted by molar-refractivity contribution is 0.415. The molecule has 4 rings (SSSR count). The number of piperidine rings is 1. The number of methoxy groups -OCH3 is 1. The van der Waals surface area contributed by atoms with E-state index in [9.17, 15) is 8.42 Å². The van der Waals surface area contributed by atoms with Crippen LogP contribution in [0, 0.1) is 5.41 Å². The molecule has 2 aliphatic rings. The summed E-state index contributed by atoms with van der Waals surface area (Å²) in [4.78, 5) is 0.247. The summed E-state index contributed by atoms with van der Waals surface area (Å²) in [6, 6.07) is 12.9. The lowest BCUT2D eigenvalue weighted by Gasteiger charge is -2.18. The first-order chi connectivity index (χ1) is 13.2. The summed E-state index contributed by atoms with van der Waals surface area (Å²) in [5, 5.41) is 3.47. The first-order valence-electron chi connectivity index (χ1n) is 9.73. The third-order valence-corrected chi connectivity index (χ3v) is 7.90. The topological polar surface area (TPSA) is 67.4 Å². The second kappa shape index (κ2) is 6.49. The quantitative estimate of drug-likeness (QED) is 0.772. The van der Waals surface area contributed by atoms with Crippen LogP contribution in [0.4, 0.5) is 5.69 Å². The molecule has 2 aromatic carbocycles. The highest BCUT2D eigenvalue weighted by Gasteiger charge is 2.67. The smallest absolute Gasteiger partial charge is 0.262 e. The van der Waals surface area contributed by atoms with Gasteiger partial charge in [0.05, 0.1) is 17.7 Å². The minimum Gasteiger partial charge on any atom is -0.495 e. The van der Waals surface area contributed by atoms with Crippen LogP contribution in [0.2, 0.25) is 0 Å². The fourth-order valence-electron chi connectivity index (χ4n) is 4.54. The zero-order valence-corrected chi connectivity index (χ0v) is 17.7. The lowest BCUT2D eigenvalue weighted by Crippen LogP contribution is -2.19. The van der Waals surface area contributed by atoms with Crippen molar-refractivity contribution in [3.63, 3.8) is 0 Å². The highest BCUT2D eigenvalue weighted by Crippen LogP contribution is 2.66. The Kier molecular flexibility index (Phi) is 4.47. The summed E-state index contributed by atoms with van der Waals surface area (Å²) in [7, 11) is -2.11. The summed E-state index contributed by atoms with van der Waals surface area (Å²) < 4.78 is 33.9. The van der Waals surface area contributed by atoms with Crippen LogP contribution in [0.5, 0.6) is 5.75 Å². The number of rotatable bonds is 6. The molecule has 0 amide bonds. The van der Waals surface area contributed by atoms with Crippen LogP contribution in [0.25, 0.3) is 0 Å². The first-order valence-corrected chi connectivity index (χ1v) is 11.2. The Hall–Kier alpha value is -2.05. The number of nitrogens with one attached hydrogen (secondary N) is 2. The second-order valence-electron chi connectivity index (χ2n) is 8.67. The van der Waals surface area contributed by atoms with E-state index < -0.39 is 10.0 Å². The third-order valence-electron chi connectivity index (χ3n) is 6.52. The molecule has 1 aliphatic heterocycles. The van der Waals surface area contributed by atoms with Gasteiger partial charge in [-0.25, -0.2) is 8.42 Å². The minimum absolute atomic E-state index is 0.143. The monoisotopic (exact) mass is 400 g/mol. The van der Waals surface area contributed by atoms with E-state index in [0.717, 1.165) is 25.1 Å². The van der Waals surface area contributed by atoms with Gasteiger partial charge in [-0.15, -0.1) is 0 Å². The average Bonchev–Trinajstić information content (AvgIpc) is 3.13. The zero-order valence-electron chi connectivity index (χ0n) is 16.9. The maximum atomic E-state index is 12.8. The Labute approximate surface area is 167 Å². The van der Waals surface area contributed by atoms with Crippen molar-refractivity contribution in [3.05, 3.63) is 53.6 Å². The average molecular weight is 401 g/mol. The molecule has 0 aromatic heterocycles. The minimum atomic E-state index is -3.68. The van der Waals surface area contributed by atoms with Crippen molar-refractivity contribution >= 4 is 15.7 Å². The van der Waals surface area contributed by atoms with Gasteiger partial charge in [0.15, 0.2) is 0 Å². The summed E-state index contributed by atoms with van der Waals surface area (Å²) in [5.74, 6) is 0.908. The molecular formula is C22H28N2O3S. The van der Waals surface area contributed by atoms with Gasteiger partial charge < -0.3 is 10.1 Å². The van der Waals surface area contributed by atoms with Crippen LogP contribution in [0.3, 0.4) is 0 Å². The predicted molar refractivity (Wildman–Crippen MR) is 112 cm³/mol. The standard InChI is InChI=1S/C22H28N2O3S/c1-15(2)16-5-8-18(9-6-16)28(25,26)24-19-10-7-17(11-20(19)27-4)22-12-21(22,3)13-23-14-22/h5-11,15,23-24H,12-14H2,1-4H3. The van der Waals surface area contributed by atoms with E-state index in [1.807, 2.05) is 30.3 Å². The maximum absolute atomic E-state index is 12.8. The van der Waals surface area contributed by atoms with E-state index in [1.54, 1.807) is 19.2 Å². The number of sulfonamides is 1. The highest BCUT2D eigenvalue weighted by atomic mass is 32.2. The number of anilines is 1. The fraction of sp³-hybridized carbons (Fsp3) is 0.455. The van der Waals surface area contributed by atoms with Gasteiger partial charge in [-0.1, -0.05) is 39.0 Å². The number of benzene rings is 2. The Morgan fingerprint density at radius 1 is 1.11 bits per heavy atom. The van der Waals surface area contributed by atoms with Gasteiger partial charge in [0.1, 0.15) is 5.75 Å². The molecule has 150 valence electrons. The Morgan fingerprint density at radius 2 is 1.82 bits per heavy atom. The summed E-state index contributed by atoms with van der Waals surface area (Å²) >= 11 is 0. The fourth-order valence-corrected chi connectivity index (χ4v) is 5.61. The highest BCUT2D eigenvalue weighted by molar-refractivity contribution is 7.92. The van der Waals surface area contributed by atoms with E-state index >= 15 is 0 Å². The van der Waals surface area contributed by atoms with Crippen molar-refractivity contribution in [1.82, 2.24) is 5.32 Å². The van der Waals surface area contributed by atoms with Crippen molar-refractivity contribution in [2.75, 3.05) is 24.9 Å². The van der Waals surface area contributed by atoms with Crippen LogP contribution >= 0.6 is 0 Å². The van der Waals surface area contributed by atoms with E-state index in [4.69, 9.17) is 4.74 Å². The summed E-state index contributed by atoms with van der Waals surface area (Å²) in [6.07, 6.45) is 1.16. The maximum Gasteiger partial charge on any atom is 0.262 e. The molecule has 2 atom stereocenters. The SMILES string of the molecule is COc1cc(C23CNCC2(C)C3)ccc1NS(=O)(=O)c1ccc(C(C)C)cc1. The summed E-state index contributed by atoms with van der Waals surface area (Å²) in [6.45, 7) is 8.45. The van der Waals surface area contributed by atoms with E-state index in [-0.39, 0.29) is 15.7 Å². The molecule has 1 saturated heterocycles. The van der Waals surface area contributed by atoms with Crippen molar-refractivity contribution in [3.8, 4) is 5.75 Å². The van der Waals surface area contributed by atoms with Crippen molar-refractivity contribution in [1.29, 1.82) is 0 Å². The van der Waals surface area contributed by atoms with Gasteiger partial charge in [0.25, 0.3) is 10.0 Å². The van der Waals surface area contributed by atoms with Gasteiger partial charge >= 0.3 is 0 Å². The van der Waals surface area contributed by atoms with Crippen molar-refractivity contribution in [2.24, 2.45) is 5.41 Å². The van der Waals surface area contributed by atoms with Gasteiger partial charge in [-0.05, 0) is 53.1 Å². The van der Waals surface area contributed by atoms with Gasteiger partial charge in [0.2, 0.25) is 0 Å². The van der Waals surface area contributed by atoms with E-state index in [1.165, 1.54) is 5.56 Å². The molecule has 2 aromatic rings. The predicted octanol–water partition coefficient (Wildman–Crippen LogP) is 3.87. The molecule has 2 fully saturated rings.